The second-order valence-corrected chi connectivity index (χ2v) is 8.00. The van der Waals surface area contributed by atoms with Crippen molar-refractivity contribution in [2.45, 2.75) is 51.4 Å². The number of carbonyl (C=O) groups excluding carboxylic acids is 1. The topological polar surface area (TPSA) is 173 Å². The van der Waals surface area contributed by atoms with Gasteiger partial charge < -0.3 is 21.3 Å². The quantitative estimate of drug-likeness (QED) is 0.366. The second-order valence-electron chi connectivity index (χ2n) is 6.97. The Labute approximate surface area is 175 Å². The molecule has 0 aliphatic rings. The van der Waals surface area contributed by atoms with E-state index in [0.717, 1.165) is 4.52 Å². The van der Waals surface area contributed by atoms with Gasteiger partial charge in [0, 0.05) is 34.7 Å². The Hall–Kier alpha value is -2.86. The van der Waals surface area contributed by atoms with Crippen LogP contribution < -0.4 is 22.2 Å². The molecule has 0 radical (unpaired) electrons. The van der Waals surface area contributed by atoms with E-state index in [-0.39, 0.29) is 29.9 Å². The van der Waals surface area contributed by atoms with Crippen molar-refractivity contribution in [3.05, 3.63) is 43.2 Å². The van der Waals surface area contributed by atoms with Crippen LogP contribution in [0.2, 0.25) is 0 Å². The van der Waals surface area contributed by atoms with Gasteiger partial charge in [-0.05, 0) is 27.2 Å². The molecule has 2 rings (SSSR count). The molecule has 0 aromatic carbocycles. The van der Waals surface area contributed by atoms with Crippen LogP contribution in [0.3, 0.4) is 0 Å². The second kappa shape index (κ2) is 9.30. The van der Waals surface area contributed by atoms with E-state index < -0.39 is 35.5 Å². The zero-order chi connectivity index (χ0) is 22.7. The molecule has 2 atom stereocenters. The summed E-state index contributed by atoms with van der Waals surface area (Å²) in [5, 5.41) is 20.4. The minimum absolute atomic E-state index is 0.0144. The number of nitrogens with two attached hydrogens (primary N) is 1. The monoisotopic (exact) mass is 440 g/mol. The number of nitrogens with one attached hydrogen (secondary N) is 1. The van der Waals surface area contributed by atoms with Crippen LogP contribution in [0.25, 0.3) is 0 Å². The zero-order valence-corrected chi connectivity index (χ0v) is 17.6. The number of carbonyl (C=O) groups is 3. The number of aromatic nitrogens is 2. The number of hydrogen-bond donors (Lipinski definition) is 4. The lowest BCUT2D eigenvalue weighted by atomic mass is 10.1. The van der Waals surface area contributed by atoms with Crippen LogP contribution in [0.1, 0.15) is 35.4 Å². The van der Waals surface area contributed by atoms with Gasteiger partial charge >= 0.3 is 11.9 Å². The van der Waals surface area contributed by atoms with Crippen molar-refractivity contribution in [1.29, 1.82) is 0 Å². The maximum atomic E-state index is 12.4. The fourth-order valence-corrected chi connectivity index (χ4v) is 4.07. The number of thioether (sulfide) groups is 1. The van der Waals surface area contributed by atoms with Crippen LogP contribution in [0.5, 0.6) is 0 Å². The minimum Gasteiger partial charge on any atom is -0.480 e. The summed E-state index contributed by atoms with van der Waals surface area (Å²) >= 11 is 1.19. The maximum Gasteiger partial charge on any atom is 0.327 e. The molecule has 2 heterocycles. The number of aliphatic carboxylic acids is 2. The third-order valence-corrected chi connectivity index (χ3v) is 5.98. The number of amides is 1. The number of rotatable bonds is 10. The average Bonchev–Trinajstić information content (AvgIpc) is 3.06. The highest BCUT2D eigenvalue weighted by atomic mass is 32.2. The molecule has 2 aromatic heterocycles. The number of carboxylic acids is 2. The highest BCUT2D eigenvalue weighted by molar-refractivity contribution is 7.98. The molecule has 0 bridgehead atoms. The standard InChI is InChI=1S/C18H24N4O7S/c1-8-10(3)21-13(9(2)16(25)22(21)15(8)24)7-30-6-12(18(28)29)20-14(23)5-4-11(19)17(26)27/h11-12H,4-7,19H2,1-3H3,(H,20,23)(H,26,27)(H,28,29)/t11-,12-/m0/s1. The number of nitrogens with zero attached hydrogens (tertiary/aromatic N) is 2. The summed E-state index contributed by atoms with van der Waals surface area (Å²) in [5.74, 6) is -2.82. The lowest BCUT2D eigenvalue weighted by Crippen LogP contribution is -2.43. The van der Waals surface area contributed by atoms with Crippen molar-refractivity contribution in [2.75, 3.05) is 5.75 Å². The van der Waals surface area contributed by atoms with Gasteiger partial charge in [-0.15, -0.1) is 0 Å². The zero-order valence-electron chi connectivity index (χ0n) is 16.8. The van der Waals surface area contributed by atoms with Crippen molar-refractivity contribution in [3.8, 4) is 0 Å². The van der Waals surface area contributed by atoms with Gasteiger partial charge in [-0.1, -0.05) is 0 Å². The Bertz CT molecular complexity index is 1090. The summed E-state index contributed by atoms with van der Waals surface area (Å²) in [6, 6.07) is -2.40. The largest absolute Gasteiger partial charge is 0.480 e. The Morgan fingerprint density at radius 1 is 1.03 bits per heavy atom. The Kier molecular flexibility index (Phi) is 7.26. The SMILES string of the molecule is Cc1c(C)n2c(CSC[C@H](NC(=O)CC[C@H](N)C(=O)O)C(=O)O)c(C)c(=O)n2c1=O. The predicted octanol–water partition coefficient (Wildman–Crippen LogP) is -0.883. The van der Waals surface area contributed by atoms with Crippen LogP contribution in [0, 0.1) is 20.8 Å². The van der Waals surface area contributed by atoms with Gasteiger partial charge in [-0.3, -0.25) is 23.7 Å². The summed E-state index contributed by atoms with van der Waals surface area (Å²) in [5.41, 5.74) is 6.64. The van der Waals surface area contributed by atoms with Crippen molar-refractivity contribution in [2.24, 2.45) is 5.73 Å². The molecule has 0 unspecified atom stereocenters. The van der Waals surface area contributed by atoms with Crippen LogP contribution in [-0.2, 0) is 20.1 Å². The van der Waals surface area contributed by atoms with Crippen molar-refractivity contribution >= 4 is 29.6 Å². The van der Waals surface area contributed by atoms with Crippen molar-refractivity contribution in [1.82, 2.24) is 14.3 Å². The summed E-state index contributed by atoms with van der Waals surface area (Å²) in [6.07, 6.45) is -0.326. The first-order chi connectivity index (χ1) is 14.0. The Morgan fingerprint density at radius 3 is 2.20 bits per heavy atom. The average molecular weight is 440 g/mol. The summed E-state index contributed by atoms with van der Waals surface area (Å²) in [4.78, 5) is 58.7. The molecule has 11 nitrogen and oxygen atoms in total. The third kappa shape index (κ3) is 4.65. The molecule has 12 heteroatoms. The van der Waals surface area contributed by atoms with Crippen molar-refractivity contribution < 1.29 is 24.6 Å². The number of hydrogen-bond acceptors (Lipinski definition) is 7. The highest BCUT2D eigenvalue weighted by Gasteiger charge is 2.23. The van der Waals surface area contributed by atoms with Crippen molar-refractivity contribution in [3.63, 3.8) is 0 Å². The van der Waals surface area contributed by atoms with E-state index in [4.69, 9.17) is 10.8 Å². The fourth-order valence-electron chi connectivity index (χ4n) is 2.95. The Morgan fingerprint density at radius 2 is 1.63 bits per heavy atom. The first kappa shape index (κ1) is 23.4. The highest BCUT2D eigenvalue weighted by Crippen LogP contribution is 2.17. The number of carboxylic acid groups (broad SMARTS) is 2. The van der Waals surface area contributed by atoms with Crippen LogP contribution in [-0.4, -0.2) is 54.9 Å². The molecule has 0 saturated carbocycles. The summed E-state index contributed by atoms with van der Waals surface area (Å²) in [7, 11) is 0. The molecule has 0 aliphatic heterocycles. The van der Waals surface area contributed by atoms with E-state index in [9.17, 15) is 29.1 Å². The van der Waals surface area contributed by atoms with Gasteiger partial charge in [0.2, 0.25) is 5.91 Å². The van der Waals surface area contributed by atoms with Gasteiger partial charge in [-0.25, -0.2) is 4.79 Å². The predicted molar refractivity (Wildman–Crippen MR) is 109 cm³/mol. The number of fused-ring (bicyclic) bond motifs is 1. The van der Waals surface area contributed by atoms with E-state index in [0.29, 0.717) is 22.5 Å². The Balaban J connectivity index is 2.06. The van der Waals surface area contributed by atoms with Gasteiger partial charge in [0.05, 0.1) is 5.69 Å². The van der Waals surface area contributed by atoms with E-state index in [1.54, 1.807) is 25.3 Å². The first-order valence-corrected chi connectivity index (χ1v) is 10.3. The molecular formula is C18H24N4O7S. The summed E-state index contributed by atoms with van der Waals surface area (Å²) in [6.45, 7) is 4.97. The first-order valence-electron chi connectivity index (χ1n) is 9.11. The van der Waals surface area contributed by atoms with E-state index >= 15 is 0 Å². The van der Waals surface area contributed by atoms with Gasteiger partial charge in [0.1, 0.15) is 12.1 Å². The van der Waals surface area contributed by atoms with Crippen LogP contribution in [0.15, 0.2) is 9.59 Å². The molecule has 1 amide bonds. The lowest BCUT2D eigenvalue weighted by Gasteiger charge is -2.15. The number of aryl methyl sites for hydroxylation is 1. The van der Waals surface area contributed by atoms with E-state index in [1.807, 2.05) is 0 Å². The molecule has 0 saturated heterocycles. The minimum atomic E-state index is -1.24. The normalized spacial score (nSPS) is 13.3. The van der Waals surface area contributed by atoms with Gasteiger partial charge in [-0.2, -0.15) is 16.3 Å². The molecule has 2 aromatic rings. The van der Waals surface area contributed by atoms with Crippen LogP contribution >= 0.6 is 11.8 Å². The molecule has 30 heavy (non-hydrogen) atoms. The van der Waals surface area contributed by atoms with Gasteiger partial charge in [0.15, 0.2) is 0 Å². The molecule has 164 valence electrons. The lowest BCUT2D eigenvalue weighted by molar-refractivity contribution is -0.141. The van der Waals surface area contributed by atoms with Crippen LogP contribution in [0.4, 0.5) is 0 Å². The van der Waals surface area contributed by atoms with E-state index in [2.05, 4.69) is 5.32 Å². The fraction of sp³-hybridized carbons (Fsp3) is 0.500. The van der Waals surface area contributed by atoms with Gasteiger partial charge in [0.25, 0.3) is 11.1 Å². The molecule has 0 fully saturated rings. The van der Waals surface area contributed by atoms with E-state index in [1.165, 1.54) is 11.8 Å². The molecule has 5 N–H and O–H groups in total. The molecular weight excluding hydrogens is 416 g/mol. The summed E-state index contributed by atoms with van der Waals surface area (Å²) < 4.78 is 2.61. The smallest absolute Gasteiger partial charge is 0.327 e. The molecule has 0 aliphatic carbocycles. The molecule has 0 spiro atoms. The third-order valence-electron chi connectivity index (χ3n) is 4.93. The maximum absolute atomic E-state index is 12.4.